The van der Waals surface area contributed by atoms with Crippen molar-refractivity contribution < 1.29 is 29.1 Å². The van der Waals surface area contributed by atoms with Gasteiger partial charge in [0.05, 0.1) is 19.2 Å². The van der Waals surface area contributed by atoms with Gasteiger partial charge in [-0.15, -0.1) is 0 Å². The number of benzene rings is 2. The fourth-order valence-corrected chi connectivity index (χ4v) is 3.21. The van der Waals surface area contributed by atoms with Gasteiger partial charge in [-0.2, -0.15) is 0 Å². The van der Waals surface area contributed by atoms with Crippen LogP contribution in [0.5, 0.6) is 17.2 Å². The highest BCUT2D eigenvalue weighted by atomic mass is 16.7. The molecule has 7 heteroatoms. The highest BCUT2D eigenvalue weighted by molar-refractivity contribution is 6.21. The minimum Gasteiger partial charge on any atom is -0.497 e. The number of amides is 2. The second-order valence-electron chi connectivity index (χ2n) is 6.21. The monoisotopic (exact) mass is 355 g/mol. The van der Waals surface area contributed by atoms with Crippen molar-refractivity contribution in [1.82, 2.24) is 0 Å². The zero-order valence-electron chi connectivity index (χ0n) is 14.3. The van der Waals surface area contributed by atoms with Crippen molar-refractivity contribution in [3.63, 3.8) is 0 Å². The Morgan fingerprint density at radius 2 is 2.00 bits per heavy atom. The smallest absolute Gasteiger partial charge is 0.292 e. The van der Waals surface area contributed by atoms with Crippen LogP contribution in [0.1, 0.15) is 12.0 Å². The molecule has 0 bridgehead atoms. The van der Waals surface area contributed by atoms with Crippen molar-refractivity contribution in [1.29, 1.82) is 0 Å². The van der Waals surface area contributed by atoms with Gasteiger partial charge < -0.3 is 19.5 Å². The summed E-state index contributed by atoms with van der Waals surface area (Å²) in [6, 6.07) is 12.2. The van der Waals surface area contributed by atoms with E-state index in [0.29, 0.717) is 23.7 Å². The van der Waals surface area contributed by atoms with Crippen LogP contribution in [-0.2, 0) is 16.1 Å². The van der Waals surface area contributed by atoms with Crippen LogP contribution in [0, 0.1) is 0 Å². The number of rotatable bonds is 5. The third-order valence-corrected chi connectivity index (χ3v) is 4.57. The first-order chi connectivity index (χ1) is 12.7. The molecule has 1 atom stereocenters. The molecule has 2 aromatic carbocycles. The van der Waals surface area contributed by atoms with Crippen molar-refractivity contribution >= 4 is 17.5 Å². The second kappa shape index (κ2) is 6.68. The van der Waals surface area contributed by atoms with Crippen LogP contribution in [0.25, 0.3) is 0 Å². The Hall–Kier alpha value is -3.06. The number of fused-ring (bicyclic) bond motifs is 1. The summed E-state index contributed by atoms with van der Waals surface area (Å²) in [5.74, 6) is 1.64. The molecule has 7 nitrogen and oxygen atoms in total. The Kier molecular flexibility index (Phi) is 4.22. The lowest BCUT2D eigenvalue weighted by Crippen LogP contribution is -2.90. The van der Waals surface area contributed by atoms with Gasteiger partial charge in [-0.05, 0) is 30.3 Å². The maximum absolute atomic E-state index is 12.7. The minimum absolute atomic E-state index is 0.181. The fraction of sp³-hybridized carbons (Fsp3) is 0.263. The lowest BCUT2D eigenvalue weighted by atomic mass is 10.1. The van der Waals surface area contributed by atoms with Gasteiger partial charge in [0.1, 0.15) is 12.3 Å². The van der Waals surface area contributed by atoms with E-state index in [1.165, 1.54) is 4.90 Å². The summed E-state index contributed by atoms with van der Waals surface area (Å²) in [7, 11) is 1.55. The fourth-order valence-electron chi connectivity index (χ4n) is 3.21. The number of nitrogens with two attached hydrogens (primary N) is 1. The summed E-state index contributed by atoms with van der Waals surface area (Å²) in [6.07, 6.45) is 0.181. The van der Waals surface area contributed by atoms with Crippen molar-refractivity contribution in [3.8, 4) is 17.2 Å². The van der Waals surface area contributed by atoms with Crippen LogP contribution in [0.15, 0.2) is 42.5 Å². The molecule has 4 rings (SSSR count). The number of carbonyl (C=O) groups excluding carboxylic acids is 2. The van der Waals surface area contributed by atoms with Crippen molar-refractivity contribution in [2.24, 2.45) is 0 Å². The summed E-state index contributed by atoms with van der Waals surface area (Å²) in [5, 5.41) is 1.89. The average molecular weight is 355 g/mol. The van der Waals surface area contributed by atoms with Crippen LogP contribution >= 0.6 is 0 Å². The maximum Gasteiger partial charge on any atom is 0.292 e. The third-order valence-electron chi connectivity index (χ3n) is 4.57. The SMILES string of the molecule is COc1cccc(N2C(=O)C[C@@H]([NH2+]Cc3ccc4c(c3)OCO4)C2=O)c1. The van der Waals surface area contributed by atoms with Crippen LogP contribution < -0.4 is 24.4 Å². The summed E-state index contributed by atoms with van der Waals surface area (Å²) in [4.78, 5) is 26.3. The van der Waals surface area contributed by atoms with E-state index in [-0.39, 0.29) is 25.0 Å². The summed E-state index contributed by atoms with van der Waals surface area (Å²) < 4.78 is 15.8. The lowest BCUT2D eigenvalue weighted by Gasteiger charge is -2.15. The number of anilines is 1. The quantitative estimate of drug-likeness (QED) is 0.803. The zero-order valence-corrected chi connectivity index (χ0v) is 14.3. The Bertz CT molecular complexity index is 867. The second-order valence-corrected chi connectivity index (χ2v) is 6.21. The van der Waals surface area contributed by atoms with Crippen LogP contribution in [0.2, 0.25) is 0 Å². The Balaban J connectivity index is 1.45. The predicted molar refractivity (Wildman–Crippen MR) is 92.1 cm³/mol. The van der Waals surface area contributed by atoms with E-state index in [9.17, 15) is 9.59 Å². The number of quaternary nitrogens is 1. The van der Waals surface area contributed by atoms with E-state index in [4.69, 9.17) is 14.2 Å². The normalized spacial score (nSPS) is 18.5. The molecule has 134 valence electrons. The molecule has 26 heavy (non-hydrogen) atoms. The minimum atomic E-state index is -0.431. The average Bonchev–Trinajstić information content (AvgIpc) is 3.23. The van der Waals surface area contributed by atoms with Crippen molar-refractivity contribution in [2.45, 2.75) is 19.0 Å². The molecule has 2 N–H and O–H groups in total. The molecule has 1 saturated heterocycles. The van der Waals surface area contributed by atoms with Gasteiger partial charge in [-0.3, -0.25) is 9.59 Å². The Morgan fingerprint density at radius 1 is 1.15 bits per heavy atom. The van der Waals surface area contributed by atoms with Crippen molar-refractivity contribution in [3.05, 3.63) is 48.0 Å². The van der Waals surface area contributed by atoms with E-state index in [2.05, 4.69) is 0 Å². The molecule has 0 unspecified atom stereocenters. The van der Waals surface area contributed by atoms with Gasteiger partial charge in [0.15, 0.2) is 17.5 Å². The highest BCUT2D eigenvalue weighted by Crippen LogP contribution is 2.32. The molecule has 1 fully saturated rings. The molecule has 0 aromatic heterocycles. The standard InChI is InChI=1S/C19H18N2O5/c1-24-14-4-2-3-13(8-14)21-18(22)9-15(19(21)23)20-10-12-5-6-16-17(7-12)26-11-25-16/h2-8,15,20H,9-11H2,1H3/p+1/t15-/m1/s1. The molecule has 2 aliphatic rings. The molecular weight excluding hydrogens is 336 g/mol. The van der Waals surface area contributed by atoms with Gasteiger partial charge >= 0.3 is 0 Å². The molecule has 2 aromatic rings. The van der Waals surface area contributed by atoms with E-state index in [1.807, 2.05) is 23.5 Å². The van der Waals surface area contributed by atoms with E-state index in [0.717, 1.165) is 11.3 Å². The topological polar surface area (TPSA) is 81.7 Å². The van der Waals surface area contributed by atoms with Gasteiger partial charge in [0.25, 0.3) is 5.91 Å². The van der Waals surface area contributed by atoms with Crippen LogP contribution in [0.4, 0.5) is 5.69 Å². The van der Waals surface area contributed by atoms with E-state index < -0.39 is 6.04 Å². The zero-order chi connectivity index (χ0) is 18.1. The first kappa shape index (κ1) is 16.4. The number of ether oxygens (including phenoxy) is 3. The molecule has 2 heterocycles. The molecular formula is C19H19N2O5+. The maximum atomic E-state index is 12.7. The van der Waals surface area contributed by atoms with E-state index in [1.54, 1.807) is 31.4 Å². The van der Waals surface area contributed by atoms with Crippen LogP contribution in [0.3, 0.4) is 0 Å². The van der Waals surface area contributed by atoms with Gasteiger partial charge in [0.2, 0.25) is 12.7 Å². The summed E-state index contributed by atoms with van der Waals surface area (Å²) in [5.41, 5.74) is 1.55. The number of nitrogens with zero attached hydrogens (tertiary/aromatic N) is 1. The van der Waals surface area contributed by atoms with Gasteiger partial charge in [-0.25, -0.2) is 4.90 Å². The van der Waals surface area contributed by atoms with Gasteiger partial charge in [0, 0.05) is 11.6 Å². The molecule has 2 aliphatic heterocycles. The molecule has 0 saturated carbocycles. The number of imide groups is 1. The number of hydrogen-bond donors (Lipinski definition) is 1. The van der Waals surface area contributed by atoms with E-state index >= 15 is 0 Å². The molecule has 0 aliphatic carbocycles. The third kappa shape index (κ3) is 2.97. The number of carbonyl (C=O) groups is 2. The number of hydrogen-bond acceptors (Lipinski definition) is 5. The predicted octanol–water partition coefficient (Wildman–Crippen LogP) is 0.819. The van der Waals surface area contributed by atoms with Crippen molar-refractivity contribution in [2.75, 3.05) is 18.8 Å². The summed E-state index contributed by atoms with van der Waals surface area (Å²) >= 11 is 0. The Labute approximate surface area is 150 Å². The molecule has 0 radical (unpaired) electrons. The number of methoxy groups -OCH3 is 1. The molecule has 2 amide bonds. The lowest BCUT2D eigenvalue weighted by molar-refractivity contribution is -0.690. The first-order valence-electron chi connectivity index (χ1n) is 8.38. The first-order valence-corrected chi connectivity index (χ1v) is 8.38. The Morgan fingerprint density at radius 3 is 2.85 bits per heavy atom. The van der Waals surface area contributed by atoms with Crippen LogP contribution in [-0.4, -0.2) is 31.8 Å². The van der Waals surface area contributed by atoms with Gasteiger partial charge in [-0.1, -0.05) is 6.07 Å². The summed E-state index contributed by atoms with van der Waals surface area (Å²) in [6.45, 7) is 0.805. The molecule has 0 spiro atoms. The largest absolute Gasteiger partial charge is 0.497 e. The highest BCUT2D eigenvalue weighted by Gasteiger charge is 2.42.